The highest BCUT2D eigenvalue weighted by atomic mass is 32.2. The number of rotatable bonds is 3. The molecule has 0 saturated heterocycles. The summed E-state index contributed by atoms with van der Waals surface area (Å²) in [7, 11) is -3.57. The van der Waals surface area contributed by atoms with Crippen molar-refractivity contribution in [2.24, 2.45) is 4.99 Å². The maximum Gasteiger partial charge on any atom is 0.266 e. The summed E-state index contributed by atoms with van der Waals surface area (Å²) in [4.78, 5) is 4.29. The summed E-state index contributed by atoms with van der Waals surface area (Å²) in [6.07, 6.45) is 1.56. The lowest BCUT2D eigenvalue weighted by molar-refractivity contribution is 0.528. The van der Waals surface area contributed by atoms with Crippen molar-refractivity contribution in [1.82, 2.24) is 14.5 Å². The van der Waals surface area contributed by atoms with Crippen molar-refractivity contribution in [1.29, 1.82) is 0 Å². The van der Waals surface area contributed by atoms with Gasteiger partial charge in [0.2, 0.25) is 0 Å². The third-order valence-electron chi connectivity index (χ3n) is 2.50. The number of thioether (sulfide) groups is 1. The Morgan fingerprint density at radius 2 is 2.22 bits per heavy atom. The Balaban J connectivity index is 2.29. The molecule has 18 heavy (non-hydrogen) atoms. The average Bonchev–Trinajstić information content (AvgIpc) is 2.86. The van der Waals surface area contributed by atoms with Gasteiger partial charge in [-0.25, -0.2) is 8.42 Å². The Bertz CT molecular complexity index is 575. The van der Waals surface area contributed by atoms with Crippen LogP contribution in [0.25, 0.3) is 0 Å². The summed E-state index contributed by atoms with van der Waals surface area (Å²) in [5, 5.41) is 4.67. The fraction of sp³-hybridized carbons (Fsp3) is 0.600. The van der Waals surface area contributed by atoms with Crippen LogP contribution in [-0.4, -0.2) is 35.7 Å². The SMILES string of the molecule is Cc1nn(C(C)C)cc1S(=O)(=O)NC1=NCCS1. The van der Waals surface area contributed by atoms with Crippen molar-refractivity contribution < 1.29 is 8.42 Å². The van der Waals surface area contributed by atoms with Crippen molar-refractivity contribution in [3.63, 3.8) is 0 Å². The second-order valence-corrected chi connectivity index (χ2v) is 7.03. The molecule has 1 N–H and O–H groups in total. The maximum atomic E-state index is 12.2. The van der Waals surface area contributed by atoms with E-state index in [4.69, 9.17) is 0 Å². The lowest BCUT2D eigenvalue weighted by Gasteiger charge is -2.05. The molecular formula is C10H16N4O2S2. The highest BCUT2D eigenvalue weighted by molar-refractivity contribution is 8.15. The third-order valence-corrected chi connectivity index (χ3v) is 4.96. The molecule has 0 bridgehead atoms. The first-order chi connectivity index (χ1) is 8.40. The lowest BCUT2D eigenvalue weighted by atomic mass is 10.4. The molecule has 0 spiro atoms. The molecule has 0 aromatic carbocycles. The zero-order valence-corrected chi connectivity index (χ0v) is 12.2. The van der Waals surface area contributed by atoms with Crippen LogP contribution < -0.4 is 4.72 Å². The summed E-state index contributed by atoms with van der Waals surface area (Å²) in [5.74, 6) is 0.822. The summed E-state index contributed by atoms with van der Waals surface area (Å²) >= 11 is 1.42. The molecular weight excluding hydrogens is 272 g/mol. The maximum absolute atomic E-state index is 12.2. The molecule has 6 nitrogen and oxygen atoms in total. The molecule has 0 radical (unpaired) electrons. The van der Waals surface area contributed by atoms with E-state index in [9.17, 15) is 8.42 Å². The van der Waals surface area contributed by atoms with Gasteiger partial charge in [0, 0.05) is 18.0 Å². The Morgan fingerprint density at radius 1 is 1.50 bits per heavy atom. The number of nitrogens with zero attached hydrogens (tertiary/aromatic N) is 3. The van der Waals surface area contributed by atoms with Gasteiger partial charge in [-0.1, -0.05) is 11.8 Å². The molecule has 0 unspecified atom stereocenters. The van der Waals surface area contributed by atoms with Crippen LogP contribution in [0.15, 0.2) is 16.1 Å². The number of aryl methyl sites for hydroxylation is 1. The Morgan fingerprint density at radius 3 is 2.72 bits per heavy atom. The minimum Gasteiger partial charge on any atom is -0.269 e. The molecule has 0 fully saturated rings. The van der Waals surface area contributed by atoms with Gasteiger partial charge in [-0.15, -0.1) is 0 Å². The predicted octanol–water partition coefficient (Wildman–Crippen LogP) is 1.15. The molecule has 2 heterocycles. The van der Waals surface area contributed by atoms with Crippen molar-refractivity contribution in [2.45, 2.75) is 31.7 Å². The Hall–Kier alpha value is -1.02. The van der Waals surface area contributed by atoms with Gasteiger partial charge in [0.1, 0.15) is 4.90 Å². The van der Waals surface area contributed by atoms with E-state index in [-0.39, 0.29) is 10.9 Å². The highest BCUT2D eigenvalue weighted by Crippen LogP contribution is 2.18. The minimum absolute atomic E-state index is 0.130. The minimum atomic E-state index is -3.57. The third kappa shape index (κ3) is 2.69. The van der Waals surface area contributed by atoms with Gasteiger partial charge < -0.3 is 0 Å². The molecule has 1 aliphatic heterocycles. The molecule has 100 valence electrons. The molecule has 0 amide bonds. The largest absolute Gasteiger partial charge is 0.269 e. The molecule has 0 saturated carbocycles. The van der Waals surface area contributed by atoms with Crippen molar-refractivity contribution in [3.05, 3.63) is 11.9 Å². The van der Waals surface area contributed by atoms with Gasteiger partial charge >= 0.3 is 0 Å². The van der Waals surface area contributed by atoms with Gasteiger partial charge in [-0.2, -0.15) is 5.10 Å². The number of hydrogen-bond acceptors (Lipinski definition) is 5. The number of aromatic nitrogens is 2. The van der Waals surface area contributed by atoms with Crippen molar-refractivity contribution >= 4 is 27.0 Å². The number of aliphatic imine (C=N–C) groups is 1. The lowest BCUT2D eigenvalue weighted by Crippen LogP contribution is -2.27. The second-order valence-electron chi connectivity index (χ2n) is 4.29. The van der Waals surface area contributed by atoms with E-state index in [1.165, 1.54) is 11.8 Å². The number of hydrogen-bond donors (Lipinski definition) is 1. The van der Waals surface area contributed by atoms with E-state index >= 15 is 0 Å². The standard InChI is InChI=1S/C10H16N4O2S2/c1-7(2)14-6-9(8(3)12-14)18(15,16)13-10-11-4-5-17-10/h6-7H,4-5H2,1-3H3,(H,11,13). The molecule has 1 aliphatic rings. The number of sulfonamides is 1. The Kier molecular flexibility index (Phi) is 3.67. The summed E-state index contributed by atoms with van der Waals surface area (Å²) in [5.41, 5.74) is 0.500. The Labute approximate surface area is 111 Å². The quantitative estimate of drug-likeness (QED) is 0.905. The van der Waals surface area contributed by atoms with E-state index in [0.29, 0.717) is 17.4 Å². The van der Waals surface area contributed by atoms with E-state index in [0.717, 1.165) is 5.75 Å². The van der Waals surface area contributed by atoms with Crippen molar-refractivity contribution in [3.8, 4) is 0 Å². The average molecular weight is 288 g/mol. The van der Waals surface area contributed by atoms with Crippen LogP contribution in [0.4, 0.5) is 0 Å². The van der Waals surface area contributed by atoms with Gasteiger partial charge in [0.05, 0.1) is 12.2 Å². The highest BCUT2D eigenvalue weighted by Gasteiger charge is 2.23. The second kappa shape index (κ2) is 4.93. The normalized spacial score (nSPS) is 16.1. The zero-order chi connectivity index (χ0) is 13.3. The van der Waals surface area contributed by atoms with Crippen LogP contribution in [0.5, 0.6) is 0 Å². The van der Waals surface area contributed by atoms with E-state index in [1.54, 1.807) is 17.8 Å². The van der Waals surface area contributed by atoms with E-state index < -0.39 is 10.0 Å². The summed E-state index contributed by atoms with van der Waals surface area (Å²) < 4.78 is 28.5. The van der Waals surface area contributed by atoms with Gasteiger partial charge in [-0.3, -0.25) is 14.4 Å². The van der Waals surface area contributed by atoms with Crippen LogP contribution in [0, 0.1) is 6.92 Å². The number of amidine groups is 1. The van der Waals surface area contributed by atoms with Crippen molar-refractivity contribution in [2.75, 3.05) is 12.3 Å². The topological polar surface area (TPSA) is 76.3 Å². The molecule has 1 aromatic heterocycles. The fourth-order valence-electron chi connectivity index (χ4n) is 1.56. The molecule has 0 atom stereocenters. The fourth-order valence-corrected chi connectivity index (χ4v) is 3.76. The first-order valence-electron chi connectivity index (χ1n) is 5.66. The smallest absolute Gasteiger partial charge is 0.266 e. The zero-order valence-electron chi connectivity index (χ0n) is 10.5. The molecule has 1 aromatic rings. The first-order valence-corrected chi connectivity index (χ1v) is 8.13. The van der Waals surface area contributed by atoms with Gasteiger partial charge in [-0.05, 0) is 20.8 Å². The van der Waals surface area contributed by atoms with Crippen LogP contribution in [-0.2, 0) is 10.0 Å². The van der Waals surface area contributed by atoms with Crippen LogP contribution in [0.1, 0.15) is 25.6 Å². The number of nitrogens with one attached hydrogen (secondary N) is 1. The van der Waals surface area contributed by atoms with Gasteiger partial charge in [0.15, 0.2) is 5.17 Å². The summed E-state index contributed by atoms with van der Waals surface area (Å²) in [6.45, 7) is 6.25. The first kappa shape index (κ1) is 13.4. The molecule has 8 heteroatoms. The molecule has 0 aliphatic carbocycles. The summed E-state index contributed by atoms with van der Waals surface area (Å²) in [6, 6.07) is 0.130. The van der Waals surface area contributed by atoms with Gasteiger partial charge in [0.25, 0.3) is 10.0 Å². The van der Waals surface area contributed by atoms with E-state index in [2.05, 4.69) is 14.8 Å². The van der Waals surface area contributed by atoms with Crippen LogP contribution in [0.3, 0.4) is 0 Å². The predicted molar refractivity (Wildman–Crippen MR) is 72.4 cm³/mol. The molecule has 2 rings (SSSR count). The monoisotopic (exact) mass is 288 g/mol. The van der Waals surface area contributed by atoms with Crippen LogP contribution >= 0.6 is 11.8 Å². The van der Waals surface area contributed by atoms with E-state index in [1.807, 2.05) is 13.8 Å². The van der Waals surface area contributed by atoms with Crippen LogP contribution in [0.2, 0.25) is 0 Å².